The summed E-state index contributed by atoms with van der Waals surface area (Å²) < 4.78 is 1.95. The van der Waals surface area contributed by atoms with Crippen molar-refractivity contribution >= 4 is 17.6 Å². The smallest absolute Gasteiger partial charge is 0.243 e. The molecule has 4 rings (SSSR count). The molecule has 7 heteroatoms. The van der Waals surface area contributed by atoms with Gasteiger partial charge >= 0.3 is 0 Å². The number of benzene rings is 2. The Kier molecular flexibility index (Phi) is 9.25. The SMILES string of the molecule is C[n+]1ccc(CNC(=O)C(NC(=O)[C@@H](Cc2ccc(C(=N)N)cc2)c2ccccc2)C2CCCCC2)cc1. The molecule has 5 N–H and O–H groups in total. The maximum atomic E-state index is 13.8. The van der Waals surface area contributed by atoms with Crippen LogP contribution in [0.1, 0.15) is 60.3 Å². The lowest BCUT2D eigenvalue weighted by atomic mass is 9.82. The van der Waals surface area contributed by atoms with Gasteiger partial charge in [0.1, 0.15) is 18.9 Å². The minimum atomic E-state index is -0.575. The Bertz CT molecular complexity index is 1220. The van der Waals surface area contributed by atoms with Crippen molar-refractivity contribution in [3.8, 4) is 0 Å². The molecule has 3 aromatic rings. The number of aryl methyl sites for hydroxylation is 1. The number of aromatic nitrogens is 1. The summed E-state index contributed by atoms with van der Waals surface area (Å²) in [5.41, 5.74) is 9.14. The van der Waals surface area contributed by atoms with Crippen LogP contribution in [0.25, 0.3) is 0 Å². The van der Waals surface area contributed by atoms with Crippen LogP contribution in [0.2, 0.25) is 0 Å². The van der Waals surface area contributed by atoms with Crippen LogP contribution in [-0.2, 0) is 29.6 Å². The van der Waals surface area contributed by atoms with Crippen molar-refractivity contribution in [3.63, 3.8) is 0 Å². The molecule has 38 heavy (non-hydrogen) atoms. The molecule has 0 radical (unpaired) electrons. The van der Waals surface area contributed by atoms with E-state index in [2.05, 4.69) is 10.6 Å². The molecule has 2 amide bonds. The summed E-state index contributed by atoms with van der Waals surface area (Å²) in [6, 6.07) is 20.5. The zero-order valence-corrected chi connectivity index (χ0v) is 22.0. The summed E-state index contributed by atoms with van der Waals surface area (Å²) >= 11 is 0. The molecule has 0 spiro atoms. The number of amidine groups is 1. The van der Waals surface area contributed by atoms with E-state index in [0.717, 1.165) is 42.4 Å². The number of carbonyl (C=O) groups excluding carboxylic acids is 2. The van der Waals surface area contributed by atoms with Gasteiger partial charge in [-0.25, -0.2) is 4.57 Å². The van der Waals surface area contributed by atoms with E-state index in [1.165, 1.54) is 6.42 Å². The lowest BCUT2D eigenvalue weighted by molar-refractivity contribution is -0.671. The van der Waals surface area contributed by atoms with Crippen molar-refractivity contribution in [2.24, 2.45) is 18.7 Å². The standard InChI is InChI=1S/C31H37N5O2/c1-36-18-16-23(17-19-36)21-34-31(38)28(25-10-6-3-7-11-25)35-30(37)27(24-8-4-2-5-9-24)20-22-12-14-26(15-13-22)29(32)33/h2,4-5,8-9,12-19,25,27-28H,3,6-7,10-11,20-21H2,1H3,(H4-,32,33,34,35,37,38)/p+1/t27-,28?/m0/s1. The number of carbonyl (C=O) groups is 2. The minimum Gasteiger partial charge on any atom is -0.384 e. The summed E-state index contributed by atoms with van der Waals surface area (Å²) in [7, 11) is 1.96. The lowest BCUT2D eigenvalue weighted by Crippen LogP contribution is -2.52. The van der Waals surface area contributed by atoms with Gasteiger partial charge in [0.15, 0.2) is 12.4 Å². The predicted molar refractivity (Wildman–Crippen MR) is 148 cm³/mol. The number of nitrogens with two attached hydrogens (primary N) is 1. The Morgan fingerprint density at radius 1 is 0.921 bits per heavy atom. The molecule has 0 saturated heterocycles. The first-order chi connectivity index (χ1) is 18.4. The van der Waals surface area contributed by atoms with Crippen molar-refractivity contribution < 1.29 is 14.2 Å². The van der Waals surface area contributed by atoms with Crippen LogP contribution in [-0.4, -0.2) is 23.7 Å². The fourth-order valence-corrected chi connectivity index (χ4v) is 5.17. The molecule has 0 bridgehead atoms. The average molecular weight is 513 g/mol. The second kappa shape index (κ2) is 13.0. The summed E-state index contributed by atoms with van der Waals surface area (Å²) in [6.07, 6.45) is 9.57. The van der Waals surface area contributed by atoms with Gasteiger partial charge in [-0.05, 0) is 41.9 Å². The molecular formula is C31H38N5O2+. The van der Waals surface area contributed by atoms with E-state index >= 15 is 0 Å². The van der Waals surface area contributed by atoms with E-state index < -0.39 is 12.0 Å². The van der Waals surface area contributed by atoms with Gasteiger partial charge in [-0.15, -0.1) is 0 Å². The van der Waals surface area contributed by atoms with Gasteiger partial charge in [-0.3, -0.25) is 15.0 Å². The highest BCUT2D eigenvalue weighted by Crippen LogP contribution is 2.28. The average Bonchev–Trinajstić information content (AvgIpc) is 2.95. The quantitative estimate of drug-likeness (QED) is 0.189. The molecule has 7 nitrogen and oxygen atoms in total. The van der Waals surface area contributed by atoms with Gasteiger partial charge in [-0.1, -0.05) is 73.9 Å². The van der Waals surface area contributed by atoms with E-state index in [-0.39, 0.29) is 23.6 Å². The number of nitrogens with one attached hydrogen (secondary N) is 3. The second-order valence-corrected chi connectivity index (χ2v) is 10.3. The second-order valence-electron chi connectivity index (χ2n) is 10.3. The first-order valence-corrected chi connectivity index (χ1v) is 13.4. The van der Waals surface area contributed by atoms with Gasteiger partial charge in [0.25, 0.3) is 0 Å². The van der Waals surface area contributed by atoms with Gasteiger partial charge in [0.2, 0.25) is 11.8 Å². The fraction of sp³-hybridized carbons (Fsp3) is 0.355. The molecule has 1 heterocycles. The van der Waals surface area contributed by atoms with E-state index in [4.69, 9.17) is 11.1 Å². The Morgan fingerprint density at radius 3 is 2.21 bits per heavy atom. The highest BCUT2D eigenvalue weighted by Gasteiger charge is 2.33. The molecule has 1 saturated carbocycles. The number of rotatable bonds is 10. The number of hydrogen-bond donors (Lipinski definition) is 4. The topological polar surface area (TPSA) is 112 Å². The summed E-state index contributed by atoms with van der Waals surface area (Å²) in [6.45, 7) is 0.420. The third-order valence-electron chi connectivity index (χ3n) is 7.44. The summed E-state index contributed by atoms with van der Waals surface area (Å²) in [5, 5.41) is 13.9. The Labute approximate surface area is 225 Å². The van der Waals surface area contributed by atoms with Crippen molar-refractivity contribution in [2.45, 2.75) is 57.0 Å². The number of amides is 2. The first kappa shape index (κ1) is 27.0. The molecule has 1 aliphatic rings. The van der Waals surface area contributed by atoms with Crippen molar-refractivity contribution in [2.75, 3.05) is 0 Å². The van der Waals surface area contributed by atoms with Crippen LogP contribution in [0.4, 0.5) is 0 Å². The van der Waals surface area contributed by atoms with Crippen LogP contribution < -0.4 is 20.9 Å². The van der Waals surface area contributed by atoms with Crippen LogP contribution in [0.5, 0.6) is 0 Å². The third kappa shape index (κ3) is 7.28. The summed E-state index contributed by atoms with van der Waals surface area (Å²) in [4.78, 5) is 27.3. The zero-order valence-electron chi connectivity index (χ0n) is 22.0. The van der Waals surface area contributed by atoms with Gasteiger partial charge in [0.05, 0.1) is 5.92 Å². The highest BCUT2D eigenvalue weighted by molar-refractivity contribution is 5.95. The van der Waals surface area contributed by atoms with E-state index in [1.54, 1.807) is 12.1 Å². The maximum Gasteiger partial charge on any atom is 0.243 e. The predicted octanol–water partition coefficient (Wildman–Crippen LogP) is 3.50. The third-order valence-corrected chi connectivity index (χ3v) is 7.44. The number of nitrogen functional groups attached to an aromatic ring is 1. The molecule has 1 fully saturated rings. The van der Waals surface area contributed by atoms with Gasteiger partial charge in [0, 0.05) is 24.2 Å². The monoisotopic (exact) mass is 512 g/mol. The molecule has 2 atom stereocenters. The number of nitrogens with zero attached hydrogens (tertiary/aromatic N) is 1. The van der Waals surface area contributed by atoms with Crippen molar-refractivity contribution in [3.05, 3.63) is 101 Å². The molecular weight excluding hydrogens is 474 g/mol. The van der Waals surface area contributed by atoms with Crippen molar-refractivity contribution in [1.29, 1.82) is 5.41 Å². The Morgan fingerprint density at radius 2 is 1.58 bits per heavy atom. The zero-order chi connectivity index (χ0) is 26.9. The molecule has 1 unspecified atom stereocenters. The van der Waals surface area contributed by atoms with Crippen molar-refractivity contribution in [1.82, 2.24) is 10.6 Å². The Hall–Kier alpha value is -4.00. The number of hydrogen-bond acceptors (Lipinski definition) is 3. The first-order valence-electron chi connectivity index (χ1n) is 13.4. The van der Waals surface area contributed by atoms with Crippen LogP contribution in [0.3, 0.4) is 0 Å². The molecule has 2 aromatic carbocycles. The summed E-state index contributed by atoms with van der Waals surface area (Å²) in [5.74, 6) is -0.597. The maximum absolute atomic E-state index is 13.8. The molecule has 0 aliphatic heterocycles. The molecule has 198 valence electrons. The minimum absolute atomic E-state index is 0.0135. The number of pyridine rings is 1. The van der Waals surface area contributed by atoms with E-state index in [1.807, 2.05) is 78.6 Å². The Balaban J connectivity index is 1.53. The van der Waals surface area contributed by atoms with Gasteiger partial charge < -0.3 is 16.4 Å². The van der Waals surface area contributed by atoms with E-state index in [0.29, 0.717) is 18.5 Å². The lowest BCUT2D eigenvalue weighted by Gasteiger charge is -2.31. The largest absolute Gasteiger partial charge is 0.384 e. The fourth-order valence-electron chi connectivity index (χ4n) is 5.17. The molecule has 1 aliphatic carbocycles. The van der Waals surface area contributed by atoms with Crippen LogP contribution >= 0.6 is 0 Å². The van der Waals surface area contributed by atoms with Gasteiger partial charge in [-0.2, -0.15) is 0 Å². The molecule has 1 aromatic heterocycles. The van der Waals surface area contributed by atoms with Crippen LogP contribution in [0, 0.1) is 11.3 Å². The highest BCUT2D eigenvalue weighted by atomic mass is 16.2. The normalized spacial score (nSPS) is 15.3. The van der Waals surface area contributed by atoms with E-state index in [9.17, 15) is 9.59 Å². The van der Waals surface area contributed by atoms with Crippen LogP contribution in [0.15, 0.2) is 79.1 Å².